The lowest BCUT2D eigenvalue weighted by atomic mass is 10.0. The number of nitrogens with zero attached hydrogens (tertiary/aromatic N) is 2. The third kappa shape index (κ3) is 5.20. The van der Waals surface area contributed by atoms with Crippen LogP contribution in [0, 0.1) is 5.92 Å². The van der Waals surface area contributed by atoms with Gasteiger partial charge < -0.3 is 16.4 Å². The topological polar surface area (TPSA) is 102 Å². The molecule has 0 spiro atoms. The standard InChI is InChI=1S/C17H23N5O2/c1-12(2)10-15(18)17(24)19-11-16(23)21-13-4-6-14(7-5-13)22-9-3-8-20-22/h3-9,12,15H,10-11,18H2,1-2H3,(H,19,24)(H,21,23)/t15-/m0/s1. The Balaban J connectivity index is 1.81. The number of benzene rings is 1. The number of hydrogen-bond acceptors (Lipinski definition) is 4. The van der Waals surface area contributed by atoms with E-state index < -0.39 is 6.04 Å². The van der Waals surface area contributed by atoms with Crippen molar-refractivity contribution < 1.29 is 9.59 Å². The van der Waals surface area contributed by atoms with Crippen LogP contribution in [-0.2, 0) is 9.59 Å². The molecule has 2 amide bonds. The Morgan fingerprint density at radius 2 is 1.96 bits per heavy atom. The number of aromatic nitrogens is 2. The molecule has 1 heterocycles. The molecule has 2 rings (SSSR count). The van der Waals surface area contributed by atoms with Gasteiger partial charge in [-0.1, -0.05) is 13.8 Å². The third-order valence-electron chi connectivity index (χ3n) is 3.41. The Morgan fingerprint density at radius 3 is 2.54 bits per heavy atom. The largest absolute Gasteiger partial charge is 0.346 e. The zero-order chi connectivity index (χ0) is 17.5. The second-order valence-corrected chi connectivity index (χ2v) is 6.00. The molecule has 0 bridgehead atoms. The van der Waals surface area contributed by atoms with Crippen LogP contribution < -0.4 is 16.4 Å². The lowest BCUT2D eigenvalue weighted by molar-refractivity contribution is -0.125. The molecule has 7 heteroatoms. The van der Waals surface area contributed by atoms with Gasteiger partial charge in [-0.2, -0.15) is 5.10 Å². The molecule has 7 nitrogen and oxygen atoms in total. The van der Waals surface area contributed by atoms with E-state index in [1.165, 1.54) is 0 Å². The Hall–Kier alpha value is -2.67. The summed E-state index contributed by atoms with van der Waals surface area (Å²) in [5, 5.41) is 9.41. The lowest BCUT2D eigenvalue weighted by Crippen LogP contribution is -2.44. The first-order valence-corrected chi connectivity index (χ1v) is 7.89. The molecule has 0 aliphatic heterocycles. The van der Waals surface area contributed by atoms with Crippen molar-refractivity contribution in [1.29, 1.82) is 0 Å². The molecule has 24 heavy (non-hydrogen) atoms. The summed E-state index contributed by atoms with van der Waals surface area (Å²) in [5.41, 5.74) is 7.31. The van der Waals surface area contributed by atoms with Crippen molar-refractivity contribution in [1.82, 2.24) is 15.1 Å². The van der Waals surface area contributed by atoms with Crippen molar-refractivity contribution in [3.8, 4) is 5.69 Å². The predicted molar refractivity (Wildman–Crippen MR) is 92.6 cm³/mol. The van der Waals surface area contributed by atoms with Crippen LogP contribution in [0.25, 0.3) is 5.69 Å². The zero-order valence-corrected chi connectivity index (χ0v) is 13.9. The Morgan fingerprint density at radius 1 is 1.25 bits per heavy atom. The van der Waals surface area contributed by atoms with Crippen LogP contribution in [0.1, 0.15) is 20.3 Å². The Kier molecular flexibility index (Phi) is 6.08. The van der Waals surface area contributed by atoms with Gasteiger partial charge in [0.15, 0.2) is 0 Å². The first kappa shape index (κ1) is 17.7. The smallest absolute Gasteiger partial charge is 0.243 e. The van der Waals surface area contributed by atoms with Crippen molar-refractivity contribution in [3.05, 3.63) is 42.7 Å². The van der Waals surface area contributed by atoms with Crippen LogP contribution in [0.3, 0.4) is 0 Å². The van der Waals surface area contributed by atoms with Gasteiger partial charge in [0.2, 0.25) is 11.8 Å². The normalized spacial score (nSPS) is 12.0. The molecule has 0 fully saturated rings. The summed E-state index contributed by atoms with van der Waals surface area (Å²) in [6.07, 6.45) is 4.12. The SMILES string of the molecule is CC(C)C[C@H](N)C(=O)NCC(=O)Nc1ccc(-n2cccn2)cc1. The molecule has 0 saturated carbocycles. The summed E-state index contributed by atoms with van der Waals surface area (Å²) in [6, 6.07) is 8.50. The van der Waals surface area contributed by atoms with Crippen LogP contribution in [0.2, 0.25) is 0 Å². The third-order valence-corrected chi connectivity index (χ3v) is 3.41. The molecule has 128 valence electrons. The van der Waals surface area contributed by atoms with Gasteiger partial charge in [-0.3, -0.25) is 9.59 Å². The van der Waals surface area contributed by atoms with E-state index in [1.807, 2.05) is 38.2 Å². The summed E-state index contributed by atoms with van der Waals surface area (Å²) in [7, 11) is 0. The lowest BCUT2D eigenvalue weighted by Gasteiger charge is -2.14. The first-order chi connectivity index (χ1) is 11.5. The average Bonchev–Trinajstić information content (AvgIpc) is 3.07. The molecule has 0 aliphatic rings. The molecular weight excluding hydrogens is 306 g/mol. The summed E-state index contributed by atoms with van der Waals surface area (Å²) in [4.78, 5) is 23.7. The van der Waals surface area contributed by atoms with E-state index in [0.717, 1.165) is 5.69 Å². The molecule has 4 N–H and O–H groups in total. The maximum absolute atomic E-state index is 11.9. The van der Waals surface area contributed by atoms with Crippen LogP contribution in [0.15, 0.2) is 42.7 Å². The quantitative estimate of drug-likeness (QED) is 0.712. The average molecular weight is 329 g/mol. The number of rotatable bonds is 7. The van der Waals surface area contributed by atoms with Crippen LogP contribution in [0.4, 0.5) is 5.69 Å². The highest BCUT2D eigenvalue weighted by atomic mass is 16.2. The minimum atomic E-state index is -0.592. The van der Waals surface area contributed by atoms with E-state index in [1.54, 1.807) is 23.0 Å². The van der Waals surface area contributed by atoms with Crippen molar-refractivity contribution in [2.45, 2.75) is 26.3 Å². The molecule has 0 radical (unpaired) electrons. The van der Waals surface area contributed by atoms with Gasteiger partial charge in [0.05, 0.1) is 18.3 Å². The van der Waals surface area contributed by atoms with Crippen molar-refractivity contribution in [3.63, 3.8) is 0 Å². The van der Waals surface area contributed by atoms with Crippen molar-refractivity contribution in [2.24, 2.45) is 11.7 Å². The number of hydrogen-bond donors (Lipinski definition) is 3. The Bertz CT molecular complexity index is 665. The number of nitrogens with one attached hydrogen (secondary N) is 2. The summed E-state index contributed by atoms with van der Waals surface area (Å²) in [5.74, 6) is -0.285. The van der Waals surface area contributed by atoms with Crippen LogP contribution >= 0.6 is 0 Å². The molecular formula is C17H23N5O2. The molecule has 0 unspecified atom stereocenters. The van der Waals surface area contributed by atoms with Gasteiger partial charge in [0, 0.05) is 18.1 Å². The van der Waals surface area contributed by atoms with E-state index in [2.05, 4.69) is 15.7 Å². The molecule has 1 aromatic heterocycles. The van der Waals surface area contributed by atoms with E-state index in [0.29, 0.717) is 18.0 Å². The van der Waals surface area contributed by atoms with Gasteiger partial charge in [-0.25, -0.2) is 4.68 Å². The van der Waals surface area contributed by atoms with Crippen LogP contribution in [-0.4, -0.2) is 34.2 Å². The molecule has 0 aliphatic carbocycles. The van der Waals surface area contributed by atoms with Gasteiger partial charge in [-0.15, -0.1) is 0 Å². The second kappa shape index (κ2) is 8.26. The summed E-state index contributed by atoms with van der Waals surface area (Å²) in [6.45, 7) is 3.88. The van der Waals surface area contributed by atoms with Gasteiger partial charge in [0.25, 0.3) is 0 Å². The maximum Gasteiger partial charge on any atom is 0.243 e. The summed E-state index contributed by atoms with van der Waals surface area (Å²) >= 11 is 0. The maximum atomic E-state index is 11.9. The van der Waals surface area contributed by atoms with Crippen molar-refractivity contribution in [2.75, 3.05) is 11.9 Å². The number of carbonyl (C=O) groups excluding carboxylic acids is 2. The predicted octanol–water partition coefficient (Wildman–Crippen LogP) is 1.30. The zero-order valence-electron chi connectivity index (χ0n) is 13.9. The van der Waals surface area contributed by atoms with Gasteiger partial charge >= 0.3 is 0 Å². The number of anilines is 1. The van der Waals surface area contributed by atoms with Crippen molar-refractivity contribution >= 4 is 17.5 Å². The number of nitrogens with two attached hydrogens (primary N) is 1. The monoisotopic (exact) mass is 329 g/mol. The fourth-order valence-electron chi connectivity index (χ4n) is 2.24. The van der Waals surface area contributed by atoms with E-state index in [-0.39, 0.29) is 18.4 Å². The highest BCUT2D eigenvalue weighted by Gasteiger charge is 2.15. The second-order valence-electron chi connectivity index (χ2n) is 6.00. The molecule has 1 atom stereocenters. The highest BCUT2D eigenvalue weighted by molar-refractivity contribution is 5.95. The minimum absolute atomic E-state index is 0.106. The fraction of sp³-hybridized carbons (Fsp3) is 0.353. The van der Waals surface area contributed by atoms with Crippen LogP contribution in [0.5, 0.6) is 0 Å². The Labute approximate surface area is 141 Å². The number of carbonyl (C=O) groups is 2. The minimum Gasteiger partial charge on any atom is -0.346 e. The van der Waals surface area contributed by atoms with E-state index >= 15 is 0 Å². The molecule has 0 saturated heterocycles. The molecule has 1 aromatic carbocycles. The first-order valence-electron chi connectivity index (χ1n) is 7.89. The highest BCUT2D eigenvalue weighted by Crippen LogP contribution is 2.12. The summed E-state index contributed by atoms with van der Waals surface area (Å²) < 4.78 is 1.72. The van der Waals surface area contributed by atoms with E-state index in [9.17, 15) is 9.59 Å². The fourth-order valence-corrected chi connectivity index (χ4v) is 2.24. The van der Waals surface area contributed by atoms with Gasteiger partial charge in [-0.05, 0) is 42.7 Å². The van der Waals surface area contributed by atoms with Gasteiger partial charge in [0.1, 0.15) is 0 Å². The number of amides is 2. The molecule has 2 aromatic rings. The van der Waals surface area contributed by atoms with E-state index in [4.69, 9.17) is 5.73 Å².